The van der Waals surface area contributed by atoms with E-state index in [1.165, 1.54) is 19.2 Å². The van der Waals surface area contributed by atoms with Crippen LogP contribution in [0.5, 0.6) is 5.75 Å². The zero-order valence-corrected chi connectivity index (χ0v) is 10.2. The minimum absolute atomic E-state index is 0.252. The van der Waals surface area contributed by atoms with Gasteiger partial charge in [-0.05, 0) is 49.6 Å². The monoisotopic (exact) mass is 259 g/mol. The molecule has 1 unspecified atom stereocenters. The van der Waals surface area contributed by atoms with Crippen molar-refractivity contribution in [2.24, 2.45) is 0 Å². The largest absolute Gasteiger partial charge is 0.496 e. The second-order valence-electron chi connectivity index (χ2n) is 4.52. The lowest BCUT2D eigenvalue weighted by Crippen LogP contribution is -2.24. The molecule has 1 saturated heterocycles. The molecule has 1 fully saturated rings. The van der Waals surface area contributed by atoms with Crippen molar-refractivity contribution in [2.45, 2.75) is 31.5 Å². The third kappa shape index (κ3) is 2.96. The van der Waals surface area contributed by atoms with Crippen molar-refractivity contribution in [2.75, 3.05) is 13.7 Å². The lowest BCUT2D eigenvalue weighted by atomic mass is 10.0. The number of hydrogen-bond acceptors (Lipinski definition) is 2. The second-order valence-corrected chi connectivity index (χ2v) is 4.52. The molecule has 1 aromatic carbocycles. The molecule has 18 heavy (non-hydrogen) atoms. The molecule has 1 atom stereocenters. The molecule has 2 nitrogen and oxygen atoms in total. The van der Waals surface area contributed by atoms with Crippen LogP contribution >= 0.6 is 0 Å². The molecule has 1 aromatic rings. The maximum atomic E-state index is 12.7. The number of ether oxygens (including phenoxy) is 1. The van der Waals surface area contributed by atoms with E-state index < -0.39 is 11.7 Å². The number of benzene rings is 1. The molecule has 0 radical (unpaired) electrons. The predicted octanol–water partition coefficient (Wildman–Crippen LogP) is 3.01. The molecule has 0 aromatic heterocycles. The SMILES string of the molecule is COc1ccc(C(F)(F)F)cc1CC1CCCN1. The zero-order chi connectivity index (χ0) is 13.2. The third-order valence-corrected chi connectivity index (χ3v) is 3.24. The van der Waals surface area contributed by atoms with E-state index in [2.05, 4.69) is 5.32 Å². The van der Waals surface area contributed by atoms with Crippen molar-refractivity contribution in [3.8, 4) is 5.75 Å². The first-order valence-electron chi connectivity index (χ1n) is 5.98. The van der Waals surface area contributed by atoms with Crippen molar-refractivity contribution in [3.63, 3.8) is 0 Å². The molecular weight excluding hydrogens is 243 g/mol. The van der Waals surface area contributed by atoms with E-state index in [0.29, 0.717) is 17.7 Å². The van der Waals surface area contributed by atoms with Crippen LogP contribution in [0.25, 0.3) is 0 Å². The minimum atomic E-state index is -4.30. The highest BCUT2D eigenvalue weighted by atomic mass is 19.4. The summed E-state index contributed by atoms with van der Waals surface area (Å²) >= 11 is 0. The summed E-state index contributed by atoms with van der Waals surface area (Å²) in [6, 6.07) is 3.90. The predicted molar refractivity (Wildman–Crippen MR) is 62.7 cm³/mol. The molecule has 1 N–H and O–H groups in total. The smallest absolute Gasteiger partial charge is 0.416 e. The molecule has 0 bridgehead atoms. The summed E-state index contributed by atoms with van der Waals surface area (Å²) in [6.07, 6.45) is -1.65. The van der Waals surface area contributed by atoms with Gasteiger partial charge < -0.3 is 10.1 Å². The van der Waals surface area contributed by atoms with Crippen molar-refractivity contribution in [3.05, 3.63) is 29.3 Å². The molecule has 1 heterocycles. The molecule has 0 amide bonds. The summed E-state index contributed by atoms with van der Waals surface area (Å²) in [6.45, 7) is 0.936. The quantitative estimate of drug-likeness (QED) is 0.901. The maximum absolute atomic E-state index is 12.7. The van der Waals surface area contributed by atoms with E-state index in [1.807, 2.05) is 0 Å². The van der Waals surface area contributed by atoms with Crippen LogP contribution < -0.4 is 10.1 Å². The fraction of sp³-hybridized carbons (Fsp3) is 0.538. The summed E-state index contributed by atoms with van der Waals surface area (Å²) < 4.78 is 43.1. The van der Waals surface area contributed by atoms with Crippen LogP contribution in [0.4, 0.5) is 13.2 Å². The summed E-state index contributed by atoms with van der Waals surface area (Å²) in [5, 5.41) is 3.28. The van der Waals surface area contributed by atoms with E-state index >= 15 is 0 Å². The average Bonchev–Trinajstić information content (AvgIpc) is 2.80. The van der Waals surface area contributed by atoms with Gasteiger partial charge in [-0.15, -0.1) is 0 Å². The highest BCUT2D eigenvalue weighted by Gasteiger charge is 2.31. The third-order valence-electron chi connectivity index (χ3n) is 3.24. The van der Waals surface area contributed by atoms with Crippen molar-refractivity contribution in [1.82, 2.24) is 5.32 Å². The van der Waals surface area contributed by atoms with Crippen LogP contribution in [0.2, 0.25) is 0 Å². The lowest BCUT2D eigenvalue weighted by Gasteiger charge is -2.16. The Morgan fingerprint density at radius 3 is 2.72 bits per heavy atom. The Hall–Kier alpha value is -1.23. The topological polar surface area (TPSA) is 21.3 Å². The van der Waals surface area contributed by atoms with Crippen molar-refractivity contribution in [1.29, 1.82) is 0 Å². The number of nitrogens with one attached hydrogen (secondary N) is 1. The van der Waals surface area contributed by atoms with Crippen LogP contribution in [-0.2, 0) is 12.6 Å². The Bertz CT molecular complexity index is 411. The van der Waals surface area contributed by atoms with E-state index in [-0.39, 0.29) is 6.04 Å². The number of halogens is 3. The first kappa shape index (κ1) is 13.2. The van der Waals surface area contributed by atoms with Gasteiger partial charge in [-0.1, -0.05) is 0 Å². The Morgan fingerprint density at radius 1 is 1.39 bits per heavy atom. The van der Waals surface area contributed by atoms with E-state index in [1.54, 1.807) is 0 Å². The van der Waals surface area contributed by atoms with E-state index in [0.717, 1.165) is 25.5 Å². The van der Waals surface area contributed by atoms with Crippen LogP contribution in [0.1, 0.15) is 24.0 Å². The standard InChI is InChI=1S/C13H16F3NO/c1-18-12-5-4-10(13(14,15)16)7-9(12)8-11-3-2-6-17-11/h4-5,7,11,17H,2-3,6,8H2,1H3. The Balaban J connectivity index is 2.24. The molecule has 1 aliphatic rings. The average molecular weight is 259 g/mol. The maximum Gasteiger partial charge on any atom is 0.416 e. The van der Waals surface area contributed by atoms with Gasteiger partial charge >= 0.3 is 6.18 Å². The summed E-state index contributed by atoms with van der Waals surface area (Å²) in [7, 11) is 1.48. The van der Waals surface area contributed by atoms with E-state index in [4.69, 9.17) is 4.74 Å². The van der Waals surface area contributed by atoms with Gasteiger partial charge in [-0.2, -0.15) is 13.2 Å². The molecule has 0 saturated carbocycles. The minimum Gasteiger partial charge on any atom is -0.496 e. The Morgan fingerprint density at radius 2 is 2.17 bits per heavy atom. The Kier molecular flexibility index (Phi) is 3.80. The van der Waals surface area contributed by atoms with Gasteiger partial charge in [-0.3, -0.25) is 0 Å². The highest BCUT2D eigenvalue weighted by Crippen LogP contribution is 2.33. The van der Waals surface area contributed by atoms with Gasteiger partial charge in [0, 0.05) is 6.04 Å². The normalized spacial score (nSPS) is 20.1. The second kappa shape index (κ2) is 5.18. The van der Waals surface area contributed by atoms with Gasteiger partial charge in [0.1, 0.15) is 5.75 Å². The van der Waals surface area contributed by atoms with Crippen molar-refractivity contribution >= 4 is 0 Å². The lowest BCUT2D eigenvalue weighted by molar-refractivity contribution is -0.137. The van der Waals surface area contributed by atoms with Gasteiger partial charge in [0.25, 0.3) is 0 Å². The molecule has 0 aliphatic carbocycles. The Labute approximate surface area is 104 Å². The van der Waals surface area contributed by atoms with Gasteiger partial charge in [-0.25, -0.2) is 0 Å². The fourth-order valence-electron chi connectivity index (χ4n) is 2.31. The number of rotatable bonds is 3. The summed E-state index contributed by atoms with van der Waals surface area (Å²) in [5.74, 6) is 0.525. The first-order valence-corrected chi connectivity index (χ1v) is 5.98. The molecular formula is C13H16F3NO. The zero-order valence-electron chi connectivity index (χ0n) is 10.2. The van der Waals surface area contributed by atoms with Crippen LogP contribution in [0.15, 0.2) is 18.2 Å². The number of methoxy groups -OCH3 is 1. The van der Waals surface area contributed by atoms with Gasteiger partial charge in [0.05, 0.1) is 12.7 Å². The number of alkyl halides is 3. The van der Waals surface area contributed by atoms with Gasteiger partial charge in [0.2, 0.25) is 0 Å². The van der Waals surface area contributed by atoms with E-state index in [9.17, 15) is 13.2 Å². The highest BCUT2D eigenvalue weighted by molar-refractivity contribution is 5.39. The molecule has 0 spiro atoms. The summed E-state index contributed by atoms with van der Waals surface area (Å²) in [5.41, 5.74) is 0.00280. The van der Waals surface area contributed by atoms with Crippen LogP contribution in [0, 0.1) is 0 Å². The molecule has 1 aliphatic heterocycles. The number of hydrogen-bond donors (Lipinski definition) is 1. The first-order chi connectivity index (χ1) is 8.50. The van der Waals surface area contributed by atoms with Gasteiger partial charge in [0.15, 0.2) is 0 Å². The fourth-order valence-corrected chi connectivity index (χ4v) is 2.31. The van der Waals surface area contributed by atoms with Crippen molar-refractivity contribution < 1.29 is 17.9 Å². The molecule has 2 rings (SSSR count). The summed E-state index contributed by atoms with van der Waals surface area (Å²) in [4.78, 5) is 0. The van der Waals surface area contributed by atoms with Crippen LogP contribution in [-0.4, -0.2) is 19.7 Å². The molecule has 5 heteroatoms. The molecule has 100 valence electrons. The van der Waals surface area contributed by atoms with Crippen LogP contribution in [0.3, 0.4) is 0 Å².